The largest absolute Gasteiger partial charge is 0.465 e. The average molecular weight is 471 g/mol. The molecule has 172 valence electrons. The lowest BCUT2D eigenvalue weighted by Crippen LogP contribution is -2.23. The van der Waals surface area contributed by atoms with Crippen molar-refractivity contribution in [1.29, 1.82) is 0 Å². The fourth-order valence-corrected chi connectivity index (χ4v) is 3.96. The minimum Gasteiger partial charge on any atom is -0.465 e. The van der Waals surface area contributed by atoms with Gasteiger partial charge in [0, 0.05) is 23.8 Å². The third-order valence-electron chi connectivity index (χ3n) is 5.82. The second-order valence-corrected chi connectivity index (χ2v) is 8.77. The lowest BCUT2D eigenvalue weighted by atomic mass is 9.91. The summed E-state index contributed by atoms with van der Waals surface area (Å²) in [6, 6.07) is 13.2. The number of benzene rings is 2. The average Bonchev–Trinajstić information content (AvgIpc) is 3.46. The Balaban J connectivity index is 1.54. The first-order valence-electron chi connectivity index (χ1n) is 10.9. The fraction of sp³-hybridized carbons (Fsp3) is 0.360. The van der Waals surface area contributed by atoms with Crippen molar-refractivity contribution >= 4 is 23.4 Å². The number of hydrogen-bond donors (Lipinski definition) is 0. The van der Waals surface area contributed by atoms with Gasteiger partial charge in [0.25, 0.3) is 0 Å². The highest BCUT2D eigenvalue weighted by atomic mass is 35.5. The monoisotopic (exact) mass is 470 g/mol. The van der Waals surface area contributed by atoms with Gasteiger partial charge in [-0.1, -0.05) is 41.0 Å². The van der Waals surface area contributed by atoms with E-state index in [1.165, 1.54) is 12.1 Å². The molecule has 1 saturated carbocycles. The zero-order valence-corrected chi connectivity index (χ0v) is 19.0. The number of rotatable bonds is 10. The Morgan fingerprint density at radius 2 is 1.79 bits per heavy atom. The molecule has 3 aromatic rings. The van der Waals surface area contributed by atoms with Crippen molar-refractivity contribution in [3.8, 4) is 0 Å². The molecule has 6 nitrogen and oxygen atoms in total. The van der Waals surface area contributed by atoms with Crippen molar-refractivity contribution in [2.75, 3.05) is 6.61 Å². The summed E-state index contributed by atoms with van der Waals surface area (Å²) in [6.45, 7) is 2.03. The normalized spacial score (nSPS) is 15.1. The second kappa shape index (κ2) is 9.83. The molecule has 1 aromatic heterocycles. The molecule has 4 rings (SSSR count). The molecule has 0 unspecified atom stereocenters. The zero-order valence-electron chi connectivity index (χ0n) is 18.2. The maximum absolute atomic E-state index is 13.2. The standard InChI is InChI=1S/C25H24ClFN2O4/c1-2-32-24(31)25(11-12-25)23-28-22(29-33-23)18(13-16-3-7-19(26)8-4-16)15-21(30)14-17-5-9-20(27)10-6-17/h3-10,18H,2,11-15H2,1H3/t18-/m1/s1. The van der Waals surface area contributed by atoms with E-state index in [1.54, 1.807) is 31.2 Å². The summed E-state index contributed by atoms with van der Waals surface area (Å²) in [5, 5.41) is 4.75. The van der Waals surface area contributed by atoms with Gasteiger partial charge in [-0.2, -0.15) is 4.98 Å². The number of carbonyl (C=O) groups is 2. The van der Waals surface area contributed by atoms with Gasteiger partial charge in [-0.05, 0) is 61.6 Å². The van der Waals surface area contributed by atoms with Gasteiger partial charge in [0.15, 0.2) is 5.82 Å². The molecule has 0 saturated heterocycles. The first kappa shape index (κ1) is 23.1. The Morgan fingerprint density at radius 1 is 1.12 bits per heavy atom. The van der Waals surface area contributed by atoms with E-state index in [0.717, 1.165) is 11.1 Å². The molecule has 2 aromatic carbocycles. The molecule has 1 atom stereocenters. The number of hydrogen-bond acceptors (Lipinski definition) is 6. The number of Topliss-reactive ketones (excluding diaryl/α,β-unsaturated/α-hetero) is 1. The van der Waals surface area contributed by atoms with E-state index in [9.17, 15) is 14.0 Å². The number of ketones is 1. The van der Waals surface area contributed by atoms with Gasteiger partial charge in [0.1, 0.15) is 17.0 Å². The lowest BCUT2D eigenvalue weighted by molar-refractivity contribution is -0.147. The van der Waals surface area contributed by atoms with Gasteiger partial charge in [-0.25, -0.2) is 4.39 Å². The van der Waals surface area contributed by atoms with Crippen molar-refractivity contribution in [2.24, 2.45) is 0 Å². The number of halogens is 2. The van der Waals surface area contributed by atoms with Gasteiger partial charge in [0.2, 0.25) is 5.89 Å². The highest BCUT2D eigenvalue weighted by molar-refractivity contribution is 6.30. The van der Waals surface area contributed by atoms with Crippen LogP contribution in [0.25, 0.3) is 0 Å². The third-order valence-corrected chi connectivity index (χ3v) is 6.07. The number of aromatic nitrogens is 2. The Hall–Kier alpha value is -3.06. The van der Waals surface area contributed by atoms with Crippen LogP contribution in [0.15, 0.2) is 53.1 Å². The molecule has 0 aliphatic heterocycles. The maximum atomic E-state index is 13.2. The molecule has 0 radical (unpaired) electrons. The van der Waals surface area contributed by atoms with Crippen LogP contribution >= 0.6 is 11.6 Å². The molecule has 0 amide bonds. The van der Waals surface area contributed by atoms with Gasteiger partial charge in [-0.3, -0.25) is 9.59 Å². The van der Waals surface area contributed by atoms with E-state index >= 15 is 0 Å². The third kappa shape index (κ3) is 5.47. The molecule has 0 bridgehead atoms. The topological polar surface area (TPSA) is 82.3 Å². The van der Waals surface area contributed by atoms with Gasteiger partial charge < -0.3 is 9.26 Å². The molecular weight excluding hydrogens is 447 g/mol. The van der Waals surface area contributed by atoms with Crippen LogP contribution in [0, 0.1) is 5.82 Å². The van der Waals surface area contributed by atoms with Crippen LogP contribution in [-0.2, 0) is 32.6 Å². The Kier molecular flexibility index (Phi) is 6.88. The van der Waals surface area contributed by atoms with Crippen molar-refractivity contribution in [3.05, 3.63) is 82.2 Å². The molecule has 0 N–H and O–H groups in total. The fourth-order valence-electron chi connectivity index (χ4n) is 3.83. The van der Waals surface area contributed by atoms with Crippen molar-refractivity contribution in [2.45, 2.75) is 50.4 Å². The number of carbonyl (C=O) groups excluding carboxylic acids is 2. The maximum Gasteiger partial charge on any atom is 0.321 e. The molecule has 1 heterocycles. The predicted molar refractivity (Wildman–Crippen MR) is 119 cm³/mol. The van der Waals surface area contributed by atoms with E-state index in [4.69, 9.17) is 20.9 Å². The van der Waals surface area contributed by atoms with Crippen LogP contribution in [0.1, 0.15) is 54.9 Å². The quantitative estimate of drug-likeness (QED) is 0.388. The Labute approximate surface area is 196 Å². The summed E-state index contributed by atoms with van der Waals surface area (Å²) in [4.78, 5) is 29.8. The van der Waals surface area contributed by atoms with Crippen LogP contribution in [0.2, 0.25) is 5.02 Å². The molecule has 0 spiro atoms. The first-order valence-corrected chi connectivity index (χ1v) is 11.3. The highest BCUT2D eigenvalue weighted by Gasteiger charge is 2.57. The van der Waals surface area contributed by atoms with Gasteiger partial charge >= 0.3 is 5.97 Å². The van der Waals surface area contributed by atoms with Crippen molar-refractivity contribution < 1.29 is 23.2 Å². The lowest BCUT2D eigenvalue weighted by Gasteiger charge is -2.13. The Morgan fingerprint density at radius 3 is 2.42 bits per heavy atom. The summed E-state index contributed by atoms with van der Waals surface area (Å²) in [5.74, 6) is -0.470. The van der Waals surface area contributed by atoms with Crippen LogP contribution in [0.3, 0.4) is 0 Å². The summed E-state index contributed by atoms with van der Waals surface area (Å²) in [5.41, 5.74) is 0.834. The minimum absolute atomic E-state index is 0.0292. The number of ether oxygens (including phenoxy) is 1. The van der Waals surface area contributed by atoms with E-state index in [2.05, 4.69) is 10.1 Å². The summed E-state index contributed by atoms with van der Waals surface area (Å²) in [6.07, 6.45) is 2.04. The first-order chi connectivity index (χ1) is 15.9. The summed E-state index contributed by atoms with van der Waals surface area (Å²) in [7, 11) is 0. The van der Waals surface area contributed by atoms with Crippen LogP contribution in [-0.4, -0.2) is 28.5 Å². The number of nitrogens with zero attached hydrogens (tertiary/aromatic N) is 2. The van der Waals surface area contributed by atoms with Crippen molar-refractivity contribution in [1.82, 2.24) is 10.1 Å². The highest BCUT2D eigenvalue weighted by Crippen LogP contribution is 2.48. The van der Waals surface area contributed by atoms with E-state index in [-0.39, 0.29) is 48.8 Å². The summed E-state index contributed by atoms with van der Waals surface area (Å²) < 4.78 is 23.8. The number of esters is 1. The zero-order chi connectivity index (χ0) is 23.4. The molecule has 1 aliphatic carbocycles. The molecule has 8 heteroatoms. The van der Waals surface area contributed by atoms with Gasteiger partial charge in [-0.15, -0.1) is 0 Å². The predicted octanol–water partition coefficient (Wildman–Crippen LogP) is 4.99. The van der Waals surface area contributed by atoms with Crippen LogP contribution < -0.4 is 0 Å². The van der Waals surface area contributed by atoms with Gasteiger partial charge in [0.05, 0.1) is 6.61 Å². The van der Waals surface area contributed by atoms with Crippen LogP contribution in [0.4, 0.5) is 4.39 Å². The van der Waals surface area contributed by atoms with E-state index in [1.807, 2.05) is 12.1 Å². The SMILES string of the molecule is CCOC(=O)C1(c2nc([C@@H](CC(=O)Cc3ccc(F)cc3)Cc3ccc(Cl)cc3)no2)CC1. The Bertz CT molecular complexity index is 1120. The molecule has 1 aliphatic rings. The van der Waals surface area contributed by atoms with Crippen molar-refractivity contribution in [3.63, 3.8) is 0 Å². The molecule has 1 fully saturated rings. The molecule has 33 heavy (non-hydrogen) atoms. The van der Waals surface area contributed by atoms with Crippen LogP contribution in [0.5, 0.6) is 0 Å². The second-order valence-electron chi connectivity index (χ2n) is 8.33. The molecular formula is C25H24ClFN2O4. The van der Waals surface area contributed by atoms with E-state index < -0.39 is 5.41 Å². The smallest absolute Gasteiger partial charge is 0.321 e. The minimum atomic E-state index is -0.871. The van der Waals surface area contributed by atoms with E-state index in [0.29, 0.717) is 30.1 Å². The summed E-state index contributed by atoms with van der Waals surface area (Å²) >= 11 is 6.00.